The van der Waals surface area contributed by atoms with Crippen molar-refractivity contribution in [1.82, 2.24) is 9.97 Å². The quantitative estimate of drug-likeness (QED) is 0.717. The molecule has 0 bridgehead atoms. The summed E-state index contributed by atoms with van der Waals surface area (Å²) in [6.45, 7) is 0. The fourth-order valence-electron chi connectivity index (χ4n) is 1.97. The first-order valence-electron chi connectivity index (χ1n) is 5.93. The largest absolute Gasteiger partial charge is 0.573 e. The zero-order valence-electron chi connectivity index (χ0n) is 10.4. The molecule has 0 saturated heterocycles. The van der Waals surface area contributed by atoms with Crippen LogP contribution < -0.4 is 4.74 Å². The van der Waals surface area contributed by atoms with E-state index < -0.39 is 17.9 Å². The number of imidazole rings is 1. The number of nitrogens with one attached hydrogen (secondary N) is 1. The van der Waals surface area contributed by atoms with Gasteiger partial charge in [-0.05, 0) is 24.3 Å². The van der Waals surface area contributed by atoms with Crippen LogP contribution in [0.15, 0.2) is 42.5 Å². The number of fused-ring (bicyclic) bond motifs is 1. The number of hydrogen-bond donors (Lipinski definition) is 1. The average Bonchev–Trinajstić information content (AvgIpc) is 2.80. The van der Waals surface area contributed by atoms with Crippen LogP contribution in [-0.2, 0) is 0 Å². The number of ether oxygens (including phenoxy) is 1. The second-order valence-electron chi connectivity index (χ2n) is 4.29. The van der Waals surface area contributed by atoms with E-state index in [0.717, 1.165) is 6.07 Å². The average molecular weight is 296 g/mol. The van der Waals surface area contributed by atoms with Gasteiger partial charge >= 0.3 is 6.36 Å². The highest BCUT2D eigenvalue weighted by Gasteiger charge is 2.31. The van der Waals surface area contributed by atoms with Crippen molar-refractivity contribution in [1.29, 1.82) is 0 Å². The molecule has 0 aliphatic rings. The lowest BCUT2D eigenvalue weighted by atomic mass is 10.2. The van der Waals surface area contributed by atoms with Crippen molar-refractivity contribution < 1.29 is 22.3 Å². The van der Waals surface area contributed by atoms with E-state index in [9.17, 15) is 17.6 Å². The number of rotatable bonds is 2. The summed E-state index contributed by atoms with van der Waals surface area (Å²) in [4.78, 5) is 7.10. The molecule has 0 aliphatic heterocycles. The van der Waals surface area contributed by atoms with E-state index in [4.69, 9.17) is 0 Å². The minimum Gasteiger partial charge on any atom is -0.406 e. The maximum atomic E-state index is 13.9. The number of benzene rings is 2. The third-order valence-corrected chi connectivity index (χ3v) is 2.82. The van der Waals surface area contributed by atoms with Crippen molar-refractivity contribution >= 4 is 11.0 Å². The second kappa shape index (κ2) is 4.76. The first-order valence-corrected chi connectivity index (χ1v) is 5.93. The van der Waals surface area contributed by atoms with Gasteiger partial charge in [-0.25, -0.2) is 9.37 Å². The highest BCUT2D eigenvalue weighted by atomic mass is 19.4. The number of halogens is 4. The van der Waals surface area contributed by atoms with Gasteiger partial charge in [-0.1, -0.05) is 12.1 Å². The molecule has 0 spiro atoms. The molecule has 7 heteroatoms. The first kappa shape index (κ1) is 13.4. The number of para-hydroxylation sites is 2. The number of aromatic nitrogens is 2. The maximum Gasteiger partial charge on any atom is 0.573 e. The van der Waals surface area contributed by atoms with Crippen molar-refractivity contribution in [3.63, 3.8) is 0 Å². The molecule has 108 valence electrons. The van der Waals surface area contributed by atoms with Crippen LogP contribution in [0.5, 0.6) is 5.75 Å². The normalized spacial score (nSPS) is 11.8. The minimum absolute atomic E-state index is 0.0701. The standard InChI is InChI=1S/C14H8F4N2O/c15-10-7-8(21-14(16,17)18)5-6-9(10)13-19-11-3-1-2-4-12(11)20-13/h1-7H,(H,19,20). The molecular weight excluding hydrogens is 288 g/mol. The summed E-state index contributed by atoms with van der Waals surface area (Å²) in [5, 5.41) is 0. The molecule has 0 radical (unpaired) electrons. The molecule has 0 fully saturated rings. The van der Waals surface area contributed by atoms with Gasteiger partial charge in [0.25, 0.3) is 0 Å². The van der Waals surface area contributed by atoms with Crippen LogP contribution in [0.25, 0.3) is 22.4 Å². The molecule has 1 heterocycles. The lowest BCUT2D eigenvalue weighted by Gasteiger charge is -2.09. The zero-order valence-corrected chi connectivity index (χ0v) is 10.4. The van der Waals surface area contributed by atoms with Gasteiger partial charge in [0.1, 0.15) is 17.4 Å². The fraction of sp³-hybridized carbons (Fsp3) is 0.0714. The molecule has 3 rings (SSSR count). The van der Waals surface area contributed by atoms with Gasteiger partial charge in [0, 0.05) is 6.07 Å². The van der Waals surface area contributed by atoms with Gasteiger partial charge in [-0.3, -0.25) is 0 Å². The summed E-state index contributed by atoms with van der Waals surface area (Å²) in [5.41, 5.74) is 1.42. The summed E-state index contributed by atoms with van der Waals surface area (Å²) in [6.07, 6.45) is -4.85. The summed E-state index contributed by atoms with van der Waals surface area (Å²) < 4.78 is 53.8. The first-order chi connectivity index (χ1) is 9.92. The monoisotopic (exact) mass is 296 g/mol. The van der Waals surface area contributed by atoms with Crippen LogP contribution in [0.4, 0.5) is 17.6 Å². The predicted molar refractivity (Wildman–Crippen MR) is 68.2 cm³/mol. The van der Waals surface area contributed by atoms with Crippen LogP contribution in [-0.4, -0.2) is 16.3 Å². The van der Waals surface area contributed by atoms with Gasteiger partial charge in [0.15, 0.2) is 0 Å². The highest BCUT2D eigenvalue weighted by molar-refractivity contribution is 5.79. The lowest BCUT2D eigenvalue weighted by molar-refractivity contribution is -0.274. The molecule has 3 aromatic rings. The van der Waals surface area contributed by atoms with Gasteiger partial charge in [0.05, 0.1) is 16.6 Å². The number of alkyl halides is 3. The zero-order chi connectivity index (χ0) is 15.0. The molecule has 0 atom stereocenters. The van der Waals surface area contributed by atoms with Crippen molar-refractivity contribution in [3.8, 4) is 17.1 Å². The molecular formula is C14H8F4N2O. The summed E-state index contributed by atoms with van der Waals surface area (Å²) in [6, 6.07) is 9.99. The lowest BCUT2D eigenvalue weighted by Crippen LogP contribution is -2.17. The van der Waals surface area contributed by atoms with E-state index in [1.54, 1.807) is 24.3 Å². The topological polar surface area (TPSA) is 37.9 Å². The van der Waals surface area contributed by atoms with E-state index in [1.807, 2.05) is 0 Å². The van der Waals surface area contributed by atoms with Crippen molar-refractivity contribution in [2.45, 2.75) is 6.36 Å². The van der Waals surface area contributed by atoms with Crippen molar-refractivity contribution in [2.75, 3.05) is 0 Å². The van der Waals surface area contributed by atoms with E-state index in [-0.39, 0.29) is 11.4 Å². The molecule has 0 aliphatic carbocycles. The Labute approximate surface area is 116 Å². The van der Waals surface area contributed by atoms with Crippen LogP contribution in [0.3, 0.4) is 0 Å². The van der Waals surface area contributed by atoms with Crippen molar-refractivity contribution in [3.05, 3.63) is 48.3 Å². The van der Waals surface area contributed by atoms with Crippen LogP contribution in [0, 0.1) is 5.82 Å². The Kier molecular flexibility index (Phi) is 3.04. The smallest absolute Gasteiger partial charge is 0.406 e. The molecule has 0 amide bonds. The number of nitrogens with zero attached hydrogens (tertiary/aromatic N) is 1. The Bertz CT molecular complexity index is 762. The second-order valence-corrected chi connectivity index (χ2v) is 4.29. The maximum absolute atomic E-state index is 13.9. The molecule has 21 heavy (non-hydrogen) atoms. The van der Waals surface area contributed by atoms with Gasteiger partial charge < -0.3 is 9.72 Å². The highest BCUT2D eigenvalue weighted by Crippen LogP contribution is 2.29. The van der Waals surface area contributed by atoms with Crippen LogP contribution in [0.2, 0.25) is 0 Å². The van der Waals surface area contributed by atoms with Crippen LogP contribution >= 0.6 is 0 Å². The molecule has 0 unspecified atom stereocenters. The predicted octanol–water partition coefficient (Wildman–Crippen LogP) is 4.27. The Morgan fingerprint density at radius 1 is 1.05 bits per heavy atom. The van der Waals surface area contributed by atoms with Crippen LogP contribution in [0.1, 0.15) is 0 Å². The minimum atomic E-state index is -4.85. The Balaban J connectivity index is 1.99. The van der Waals surface area contributed by atoms with Gasteiger partial charge in [0.2, 0.25) is 0 Å². The Morgan fingerprint density at radius 3 is 2.48 bits per heavy atom. The fourth-order valence-corrected chi connectivity index (χ4v) is 1.97. The van der Waals surface area contributed by atoms with E-state index in [0.29, 0.717) is 17.1 Å². The third kappa shape index (κ3) is 2.81. The number of H-pyrrole nitrogens is 1. The van der Waals surface area contributed by atoms with Crippen molar-refractivity contribution in [2.24, 2.45) is 0 Å². The summed E-state index contributed by atoms with van der Waals surface area (Å²) in [5.74, 6) is -1.22. The summed E-state index contributed by atoms with van der Waals surface area (Å²) in [7, 11) is 0. The number of aromatic amines is 1. The summed E-state index contributed by atoms with van der Waals surface area (Å²) >= 11 is 0. The Morgan fingerprint density at radius 2 is 1.81 bits per heavy atom. The molecule has 3 nitrogen and oxygen atoms in total. The number of hydrogen-bond acceptors (Lipinski definition) is 2. The Hall–Kier alpha value is -2.57. The SMILES string of the molecule is Fc1cc(OC(F)(F)F)ccc1-c1nc2ccccc2[nH]1. The molecule has 0 saturated carbocycles. The van der Waals surface area contributed by atoms with Gasteiger partial charge in [-0.15, -0.1) is 13.2 Å². The van der Waals surface area contributed by atoms with E-state index >= 15 is 0 Å². The van der Waals surface area contributed by atoms with E-state index in [1.165, 1.54) is 6.07 Å². The van der Waals surface area contributed by atoms with E-state index in [2.05, 4.69) is 14.7 Å². The van der Waals surface area contributed by atoms with Gasteiger partial charge in [-0.2, -0.15) is 0 Å². The molecule has 1 aromatic heterocycles. The third-order valence-electron chi connectivity index (χ3n) is 2.82. The molecule has 2 aromatic carbocycles. The molecule has 1 N–H and O–H groups in total.